The Balaban J connectivity index is 3.84. The lowest BCUT2D eigenvalue weighted by molar-refractivity contribution is -0.314. The number of allylic oxidation sites excluding steroid dienone is 2. The van der Waals surface area contributed by atoms with Gasteiger partial charge in [0.05, 0.1) is 0 Å². The molecule has 1 nitrogen and oxygen atoms in total. The molecule has 0 fully saturated rings. The van der Waals surface area contributed by atoms with E-state index >= 15 is 0 Å². The Morgan fingerprint density at radius 1 is 1.22 bits per heavy atom. The Bertz CT molecular complexity index is 101. The van der Waals surface area contributed by atoms with Crippen LogP contribution >= 0.6 is 0 Å². The molecule has 0 radical (unpaired) electrons. The highest BCUT2D eigenvalue weighted by atomic mass is 16.3. The van der Waals surface area contributed by atoms with E-state index in [0.29, 0.717) is 5.92 Å². The SMILES string of the molecule is CC(C)/C=C(\[O-])C(C)C. The molecular formula is C8H15O-. The van der Waals surface area contributed by atoms with Gasteiger partial charge in [0.2, 0.25) is 0 Å². The van der Waals surface area contributed by atoms with Crippen LogP contribution in [0.1, 0.15) is 27.7 Å². The van der Waals surface area contributed by atoms with Crippen LogP contribution in [0.25, 0.3) is 0 Å². The van der Waals surface area contributed by atoms with Gasteiger partial charge in [0.1, 0.15) is 0 Å². The lowest BCUT2D eigenvalue weighted by Crippen LogP contribution is -2.10. The van der Waals surface area contributed by atoms with Crippen molar-refractivity contribution >= 4 is 0 Å². The number of rotatable bonds is 2. The summed E-state index contributed by atoms with van der Waals surface area (Å²) < 4.78 is 0. The molecule has 0 atom stereocenters. The van der Waals surface area contributed by atoms with E-state index in [4.69, 9.17) is 0 Å². The largest absolute Gasteiger partial charge is 0.875 e. The van der Waals surface area contributed by atoms with E-state index < -0.39 is 0 Å². The fourth-order valence-electron chi connectivity index (χ4n) is 0.521. The fourth-order valence-corrected chi connectivity index (χ4v) is 0.521. The Morgan fingerprint density at radius 2 is 1.67 bits per heavy atom. The van der Waals surface area contributed by atoms with Crippen LogP contribution in [0.3, 0.4) is 0 Å². The van der Waals surface area contributed by atoms with E-state index in [9.17, 15) is 5.11 Å². The molecule has 0 rings (SSSR count). The second kappa shape index (κ2) is 3.54. The van der Waals surface area contributed by atoms with Gasteiger partial charge in [-0.3, -0.25) is 0 Å². The van der Waals surface area contributed by atoms with Crippen LogP contribution in [0.4, 0.5) is 0 Å². The lowest BCUT2D eigenvalue weighted by Gasteiger charge is -2.16. The van der Waals surface area contributed by atoms with Gasteiger partial charge in [0, 0.05) is 0 Å². The summed E-state index contributed by atoms with van der Waals surface area (Å²) in [6.45, 7) is 7.86. The molecule has 0 saturated heterocycles. The lowest BCUT2D eigenvalue weighted by atomic mass is 10.1. The van der Waals surface area contributed by atoms with Crippen molar-refractivity contribution in [2.24, 2.45) is 11.8 Å². The quantitative estimate of drug-likeness (QED) is 0.516. The van der Waals surface area contributed by atoms with Crippen LogP contribution in [-0.4, -0.2) is 0 Å². The van der Waals surface area contributed by atoms with E-state index in [1.165, 1.54) is 0 Å². The second-order valence-electron chi connectivity index (χ2n) is 2.97. The molecule has 0 amide bonds. The number of hydrogen-bond donors (Lipinski definition) is 0. The minimum atomic E-state index is 0.160. The van der Waals surface area contributed by atoms with Crippen molar-refractivity contribution < 1.29 is 5.11 Å². The zero-order chi connectivity index (χ0) is 7.44. The normalized spacial score (nSPS) is 13.3. The summed E-state index contributed by atoms with van der Waals surface area (Å²) in [5.74, 6) is 0.803. The van der Waals surface area contributed by atoms with E-state index in [-0.39, 0.29) is 11.7 Å². The van der Waals surface area contributed by atoms with E-state index in [1.807, 2.05) is 27.7 Å². The molecule has 0 unspecified atom stereocenters. The minimum Gasteiger partial charge on any atom is -0.875 e. The first kappa shape index (κ1) is 8.54. The molecule has 0 saturated carbocycles. The van der Waals surface area contributed by atoms with Gasteiger partial charge >= 0.3 is 0 Å². The third kappa shape index (κ3) is 4.07. The first-order chi connectivity index (χ1) is 4.04. The van der Waals surface area contributed by atoms with Gasteiger partial charge in [-0.2, -0.15) is 0 Å². The molecular weight excluding hydrogens is 112 g/mol. The van der Waals surface area contributed by atoms with Crippen LogP contribution in [0.5, 0.6) is 0 Å². The van der Waals surface area contributed by atoms with Crippen molar-refractivity contribution in [3.05, 3.63) is 11.8 Å². The summed E-state index contributed by atoms with van der Waals surface area (Å²) >= 11 is 0. The highest BCUT2D eigenvalue weighted by molar-refractivity contribution is 4.93. The number of hydrogen-bond acceptors (Lipinski definition) is 1. The molecule has 54 valence electrons. The maximum absolute atomic E-state index is 10.9. The van der Waals surface area contributed by atoms with Crippen LogP contribution in [-0.2, 0) is 0 Å². The predicted molar refractivity (Wildman–Crippen MR) is 37.8 cm³/mol. The summed E-state index contributed by atoms with van der Waals surface area (Å²) in [5.41, 5.74) is 0. The topological polar surface area (TPSA) is 23.1 Å². The molecule has 0 heterocycles. The molecule has 0 bridgehead atoms. The van der Waals surface area contributed by atoms with Crippen molar-refractivity contribution in [2.45, 2.75) is 27.7 Å². The van der Waals surface area contributed by atoms with Crippen molar-refractivity contribution in [3.63, 3.8) is 0 Å². The van der Waals surface area contributed by atoms with Gasteiger partial charge in [-0.05, 0) is 11.8 Å². The van der Waals surface area contributed by atoms with Gasteiger partial charge in [-0.1, -0.05) is 33.8 Å². The molecule has 1 heteroatoms. The maximum atomic E-state index is 10.9. The van der Waals surface area contributed by atoms with Crippen molar-refractivity contribution in [1.82, 2.24) is 0 Å². The first-order valence-corrected chi connectivity index (χ1v) is 3.42. The Morgan fingerprint density at radius 3 is 1.78 bits per heavy atom. The van der Waals surface area contributed by atoms with Crippen molar-refractivity contribution in [2.75, 3.05) is 0 Å². The predicted octanol–water partition coefficient (Wildman–Crippen LogP) is 1.54. The first-order valence-electron chi connectivity index (χ1n) is 3.42. The zero-order valence-corrected chi connectivity index (χ0v) is 6.64. The molecule has 0 aliphatic rings. The van der Waals surface area contributed by atoms with Crippen LogP contribution in [0, 0.1) is 11.8 Å². The van der Waals surface area contributed by atoms with Gasteiger partial charge in [-0.15, -0.1) is 5.76 Å². The molecule has 0 aromatic heterocycles. The summed E-state index contributed by atoms with van der Waals surface area (Å²) in [7, 11) is 0. The van der Waals surface area contributed by atoms with Crippen molar-refractivity contribution in [3.8, 4) is 0 Å². The Labute approximate surface area is 57.4 Å². The summed E-state index contributed by atoms with van der Waals surface area (Å²) in [6.07, 6.45) is 1.77. The maximum Gasteiger partial charge on any atom is -0.0296 e. The Kier molecular flexibility index (Phi) is 3.36. The van der Waals surface area contributed by atoms with E-state index in [0.717, 1.165) is 0 Å². The van der Waals surface area contributed by atoms with Crippen LogP contribution in [0.15, 0.2) is 11.8 Å². The monoisotopic (exact) mass is 127 g/mol. The molecule has 0 aliphatic carbocycles. The smallest absolute Gasteiger partial charge is 0.0296 e. The van der Waals surface area contributed by atoms with Gasteiger partial charge in [0.25, 0.3) is 0 Å². The van der Waals surface area contributed by atoms with Gasteiger partial charge < -0.3 is 5.11 Å². The fraction of sp³-hybridized carbons (Fsp3) is 0.750. The average molecular weight is 127 g/mol. The summed E-state index contributed by atoms with van der Waals surface area (Å²) in [4.78, 5) is 0. The summed E-state index contributed by atoms with van der Waals surface area (Å²) in [6, 6.07) is 0. The summed E-state index contributed by atoms with van der Waals surface area (Å²) in [5, 5.41) is 10.9. The second-order valence-corrected chi connectivity index (χ2v) is 2.97. The zero-order valence-electron chi connectivity index (χ0n) is 6.64. The van der Waals surface area contributed by atoms with Crippen molar-refractivity contribution in [1.29, 1.82) is 0 Å². The molecule has 0 aromatic rings. The third-order valence-electron chi connectivity index (χ3n) is 1.07. The third-order valence-corrected chi connectivity index (χ3v) is 1.07. The molecule has 0 spiro atoms. The standard InChI is InChI=1S/C8H16O/c1-6(2)5-8(9)7(3)4/h5-7,9H,1-4H3/p-1/b8-5-. The average Bonchev–Trinajstić information content (AvgIpc) is 1.63. The highest BCUT2D eigenvalue weighted by Crippen LogP contribution is 2.05. The molecule has 9 heavy (non-hydrogen) atoms. The van der Waals surface area contributed by atoms with Crippen LogP contribution < -0.4 is 5.11 Å². The minimum absolute atomic E-state index is 0.160. The van der Waals surface area contributed by atoms with E-state index in [2.05, 4.69) is 0 Å². The molecule has 0 N–H and O–H groups in total. The molecule has 0 aromatic carbocycles. The van der Waals surface area contributed by atoms with Gasteiger partial charge in [0.15, 0.2) is 0 Å². The van der Waals surface area contributed by atoms with Gasteiger partial charge in [-0.25, -0.2) is 0 Å². The molecule has 0 aliphatic heterocycles. The van der Waals surface area contributed by atoms with Crippen LogP contribution in [0.2, 0.25) is 0 Å². The van der Waals surface area contributed by atoms with E-state index in [1.54, 1.807) is 6.08 Å². The Hall–Kier alpha value is -0.460. The highest BCUT2D eigenvalue weighted by Gasteiger charge is 1.90.